The molecule has 32 heavy (non-hydrogen) atoms. The number of piperidine rings is 1. The Morgan fingerprint density at radius 2 is 1.75 bits per heavy atom. The third-order valence-electron chi connectivity index (χ3n) is 6.51. The van der Waals surface area contributed by atoms with Crippen molar-refractivity contribution >= 4 is 23.6 Å². The number of benzene rings is 2. The molecule has 0 saturated carbocycles. The van der Waals surface area contributed by atoms with Crippen LogP contribution in [0.2, 0.25) is 0 Å². The molecule has 0 aliphatic carbocycles. The summed E-state index contributed by atoms with van der Waals surface area (Å²) in [7, 11) is 0. The normalized spacial score (nSPS) is 24.9. The van der Waals surface area contributed by atoms with E-state index in [2.05, 4.69) is 40.2 Å². The van der Waals surface area contributed by atoms with Crippen molar-refractivity contribution < 1.29 is 19.2 Å². The van der Waals surface area contributed by atoms with Crippen LogP contribution in [0.3, 0.4) is 0 Å². The fourth-order valence-corrected chi connectivity index (χ4v) is 4.67. The molecule has 5 rings (SSSR count). The molecule has 3 aliphatic rings. The van der Waals surface area contributed by atoms with Gasteiger partial charge in [0.2, 0.25) is 11.8 Å². The molecular weight excluding hydrogens is 408 g/mol. The number of nitrogens with zero attached hydrogens (tertiary/aromatic N) is 1. The molecule has 1 unspecified atom stereocenters. The first kappa shape index (κ1) is 20.5. The summed E-state index contributed by atoms with van der Waals surface area (Å²) >= 11 is 0. The Kier molecular flexibility index (Phi) is 5.32. The van der Waals surface area contributed by atoms with E-state index in [9.17, 15) is 19.2 Å². The average Bonchev–Trinajstić information content (AvgIpc) is 3.01. The highest BCUT2D eigenvalue weighted by Gasteiger charge is 2.44. The predicted molar refractivity (Wildman–Crippen MR) is 116 cm³/mol. The zero-order valence-electron chi connectivity index (χ0n) is 17.5. The van der Waals surface area contributed by atoms with E-state index >= 15 is 0 Å². The second-order valence-corrected chi connectivity index (χ2v) is 8.49. The molecule has 164 valence electrons. The second kappa shape index (κ2) is 8.29. The standard InChI is InChI=1S/C24H24N4O4/c29-21-9-8-20(22(30)27-21)28-23(31)16-7-6-14(10-17(16)24(28)32)11-25-13-19-18(12-26-19)15-4-2-1-3-5-15/h1-7,10,18-20,25-26H,8-9,11-13H2,(H,27,29,30)/t18-,19-,20?/m0/s1. The third kappa shape index (κ3) is 3.61. The van der Waals surface area contributed by atoms with E-state index in [1.165, 1.54) is 5.56 Å². The minimum absolute atomic E-state index is 0.109. The van der Waals surface area contributed by atoms with Gasteiger partial charge in [0.15, 0.2) is 0 Å². The number of imide groups is 2. The van der Waals surface area contributed by atoms with Crippen LogP contribution in [0.4, 0.5) is 0 Å². The van der Waals surface area contributed by atoms with Gasteiger partial charge in [-0.05, 0) is 29.7 Å². The van der Waals surface area contributed by atoms with Crippen molar-refractivity contribution in [1.29, 1.82) is 0 Å². The van der Waals surface area contributed by atoms with E-state index in [0.29, 0.717) is 29.6 Å². The molecule has 0 aromatic heterocycles. The Labute approximate surface area is 185 Å². The first-order valence-corrected chi connectivity index (χ1v) is 10.9. The molecule has 3 atom stereocenters. The van der Waals surface area contributed by atoms with Crippen LogP contribution in [0.1, 0.15) is 50.6 Å². The zero-order valence-corrected chi connectivity index (χ0v) is 17.5. The van der Waals surface area contributed by atoms with Crippen molar-refractivity contribution in [2.45, 2.75) is 37.4 Å². The van der Waals surface area contributed by atoms with Gasteiger partial charge in [0.1, 0.15) is 6.04 Å². The van der Waals surface area contributed by atoms with Gasteiger partial charge in [-0.15, -0.1) is 0 Å². The van der Waals surface area contributed by atoms with Crippen LogP contribution < -0.4 is 16.0 Å². The fraction of sp³-hybridized carbons (Fsp3) is 0.333. The molecule has 4 amide bonds. The molecule has 0 bridgehead atoms. The van der Waals surface area contributed by atoms with Gasteiger partial charge in [0.05, 0.1) is 11.1 Å². The number of hydrogen-bond donors (Lipinski definition) is 3. The Morgan fingerprint density at radius 1 is 0.969 bits per heavy atom. The van der Waals surface area contributed by atoms with Gasteiger partial charge in [-0.25, -0.2) is 0 Å². The average molecular weight is 432 g/mol. The van der Waals surface area contributed by atoms with Crippen molar-refractivity contribution in [2.75, 3.05) is 13.1 Å². The Hall–Kier alpha value is -3.36. The number of rotatable bonds is 6. The topological polar surface area (TPSA) is 108 Å². The van der Waals surface area contributed by atoms with E-state index in [-0.39, 0.29) is 18.7 Å². The molecule has 2 aromatic rings. The van der Waals surface area contributed by atoms with Crippen LogP contribution in [0.15, 0.2) is 48.5 Å². The quantitative estimate of drug-likeness (QED) is 0.587. The largest absolute Gasteiger partial charge is 0.311 e. The smallest absolute Gasteiger partial charge is 0.262 e. The lowest BCUT2D eigenvalue weighted by Gasteiger charge is -2.38. The van der Waals surface area contributed by atoms with E-state index < -0.39 is 23.8 Å². The summed E-state index contributed by atoms with van der Waals surface area (Å²) in [4.78, 5) is 50.3. The van der Waals surface area contributed by atoms with E-state index in [1.807, 2.05) is 12.1 Å². The van der Waals surface area contributed by atoms with Gasteiger partial charge < -0.3 is 10.6 Å². The lowest BCUT2D eigenvalue weighted by molar-refractivity contribution is -0.136. The number of nitrogens with one attached hydrogen (secondary N) is 3. The Bertz CT molecular complexity index is 1100. The first-order chi connectivity index (χ1) is 15.5. The maximum absolute atomic E-state index is 12.9. The molecule has 8 heteroatoms. The fourth-order valence-electron chi connectivity index (χ4n) is 4.67. The second-order valence-electron chi connectivity index (χ2n) is 8.49. The molecule has 3 heterocycles. The summed E-state index contributed by atoms with van der Waals surface area (Å²) in [5.74, 6) is -1.47. The molecule has 2 saturated heterocycles. The number of carbonyl (C=O) groups is 4. The highest BCUT2D eigenvalue weighted by molar-refractivity contribution is 6.23. The maximum atomic E-state index is 12.9. The third-order valence-corrected chi connectivity index (χ3v) is 6.51. The maximum Gasteiger partial charge on any atom is 0.262 e. The molecule has 3 N–H and O–H groups in total. The summed E-state index contributed by atoms with van der Waals surface area (Å²) < 4.78 is 0. The highest BCUT2D eigenvalue weighted by Crippen LogP contribution is 2.29. The Balaban J connectivity index is 1.22. The number of fused-ring (bicyclic) bond motifs is 1. The van der Waals surface area contributed by atoms with Crippen LogP contribution in [-0.4, -0.2) is 53.7 Å². The van der Waals surface area contributed by atoms with Gasteiger partial charge >= 0.3 is 0 Å². The van der Waals surface area contributed by atoms with Crippen LogP contribution in [0.5, 0.6) is 0 Å². The lowest BCUT2D eigenvalue weighted by atomic mass is 9.85. The molecule has 3 aliphatic heterocycles. The van der Waals surface area contributed by atoms with Gasteiger partial charge in [0.25, 0.3) is 11.8 Å². The van der Waals surface area contributed by atoms with Crippen molar-refractivity contribution in [1.82, 2.24) is 20.9 Å². The van der Waals surface area contributed by atoms with E-state index in [1.54, 1.807) is 12.1 Å². The summed E-state index contributed by atoms with van der Waals surface area (Å²) in [5, 5.41) is 9.10. The Morgan fingerprint density at radius 3 is 2.47 bits per heavy atom. The van der Waals surface area contributed by atoms with Gasteiger partial charge in [-0.1, -0.05) is 36.4 Å². The minimum Gasteiger partial charge on any atom is -0.311 e. The molecule has 2 fully saturated rings. The van der Waals surface area contributed by atoms with E-state index in [4.69, 9.17) is 0 Å². The van der Waals surface area contributed by atoms with Crippen molar-refractivity contribution in [3.63, 3.8) is 0 Å². The van der Waals surface area contributed by atoms with Crippen molar-refractivity contribution in [2.24, 2.45) is 0 Å². The SMILES string of the molecule is O=C1CCC(N2C(=O)c3ccc(CNC[C@@H]4NC[C@H]4c4ccccc4)cc3C2=O)C(=O)N1. The number of amides is 4. The van der Waals surface area contributed by atoms with Crippen LogP contribution in [-0.2, 0) is 16.1 Å². The van der Waals surface area contributed by atoms with Crippen molar-refractivity contribution in [3.8, 4) is 0 Å². The minimum atomic E-state index is -0.943. The predicted octanol–water partition coefficient (Wildman–Crippen LogP) is 0.933. The summed E-state index contributed by atoms with van der Waals surface area (Å²) in [6.45, 7) is 2.31. The molecule has 8 nitrogen and oxygen atoms in total. The summed E-state index contributed by atoms with van der Waals surface area (Å²) in [6, 6.07) is 15.0. The molecule has 0 spiro atoms. The monoisotopic (exact) mass is 432 g/mol. The number of hydrogen-bond acceptors (Lipinski definition) is 6. The van der Waals surface area contributed by atoms with Gasteiger partial charge in [-0.2, -0.15) is 0 Å². The van der Waals surface area contributed by atoms with Gasteiger partial charge in [0, 0.05) is 38.0 Å². The summed E-state index contributed by atoms with van der Waals surface area (Å²) in [5.41, 5.74) is 2.83. The highest BCUT2D eigenvalue weighted by atomic mass is 16.2. The number of carbonyl (C=O) groups excluding carboxylic acids is 4. The molecule has 2 aromatic carbocycles. The van der Waals surface area contributed by atoms with Crippen LogP contribution >= 0.6 is 0 Å². The van der Waals surface area contributed by atoms with Crippen molar-refractivity contribution in [3.05, 3.63) is 70.8 Å². The van der Waals surface area contributed by atoms with Crippen LogP contribution in [0.25, 0.3) is 0 Å². The zero-order chi connectivity index (χ0) is 22.2. The van der Waals surface area contributed by atoms with Crippen LogP contribution in [0, 0.1) is 0 Å². The molecule has 0 radical (unpaired) electrons. The van der Waals surface area contributed by atoms with Gasteiger partial charge in [-0.3, -0.25) is 29.4 Å². The summed E-state index contributed by atoms with van der Waals surface area (Å²) in [6.07, 6.45) is 0.264. The molecular formula is C24H24N4O4. The van der Waals surface area contributed by atoms with E-state index in [0.717, 1.165) is 23.6 Å². The lowest BCUT2D eigenvalue weighted by Crippen LogP contribution is -2.55. The first-order valence-electron chi connectivity index (χ1n) is 10.9.